The molecule has 0 aliphatic carbocycles. The van der Waals surface area contributed by atoms with Crippen molar-refractivity contribution >= 4 is 15.7 Å². The number of hydrogen-bond donors (Lipinski definition) is 1. The number of ether oxygens (including phenoxy) is 1. The highest BCUT2D eigenvalue weighted by Crippen LogP contribution is 2.27. The number of nitrogens with one attached hydrogen (secondary N) is 1. The lowest BCUT2D eigenvalue weighted by Crippen LogP contribution is -2.48. The molecule has 0 amide bonds. The van der Waals surface area contributed by atoms with Gasteiger partial charge in [0.2, 0.25) is 10.0 Å². The summed E-state index contributed by atoms with van der Waals surface area (Å²) in [6.07, 6.45) is 0. The fourth-order valence-electron chi connectivity index (χ4n) is 3.71. The van der Waals surface area contributed by atoms with E-state index < -0.39 is 15.8 Å². The average molecular weight is 451 g/mol. The lowest BCUT2D eigenvalue weighted by molar-refractivity contribution is 0.113. The van der Waals surface area contributed by atoms with Crippen molar-refractivity contribution in [2.24, 2.45) is 0 Å². The van der Waals surface area contributed by atoms with Gasteiger partial charge in [-0.2, -0.15) is 0 Å². The summed E-state index contributed by atoms with van der Waals surface area (Å²) in [5.74, 6) is -0.517. The molecule has 1 fully saturated rings. The molecule has 9 heteroatoms. The first kappa shape index (κ1) is 23.5. The third kappa shape index (κ3) is 5.74. The molecule has 0 aromatic heterocycles. The molecular weight excluding hydrogens is 419 g/mol. The van der Waals surface area contributed by atoms with Gasteiger partial charge in [0, 0.05) is 58.5 Å². The summed E-state index contributed by atoms with van der Waals surface area (Å²) >= 11 is 0. The van der Waals surface area contributed by atoms with Crippen LogP contribution in [0.15, 0.2) is 47.4 Å². The lowest BCUT2D eigenvalue weighted by Gasteiger charge is -2.38. The number of methoxy groups -OCH3 is 1. The van der Waals surface area contributed by atoms with Crippen LogP contribution in [0.4, 0.5) is 10.1 Å². The first-order valence-electron chi connectivity index (χ1n) is 10.2. The Hall–Kier alpha value is -2.20. The van der Waals surface area contributed by atoms with Crippen LogP contribution >= 0.6 is 0 Å². The van der Waals surface area contributed by atoms with Gasteiger partial charge in [-0.1, -0.05) is 12.1 Å². The molecule has 2 aromatic rings. The van der Waals surface area contributed by atoms with E-state index in [4.69, 9.17) is 4.74 Å². The van der Waals surface area contributed by atoms with E-state index in [1.807, 2.05) is 43.3 Å². The topological polar surface area (TPSA) is 65.1 Å². The van der Waals surface area contributed by atoms with Gasteiger partial charge in [0.25, 0.3) is 0 Å². The maximum atomic E-state index is 13.7. The van der Waals surface area contributed by atoms with Gasteiger partial charge in [0.1, 0.15) is 16.5 Å². The highest BCUT2D eigenvalue weighted by molar-refractivity contribution is 7.89. The first-order chi connectivity index (χ1) is 14.7. The summed E-state index contributed by atoms with van der Waals surface area (Å²) in [7, 11) is 3.45. The second-order valence-electron chi connectivity index (χ2n) is 7.99. The van der Waals surface area contributed by atoms with E-state index in [9.17, 15) is 12.8 Å². The van der Waals surface area contributed by atoms with Crippen molar-refractivity contribution in [2.75, 3.05) is 65.9 Å². The summed E-state index contributed by atoms with van der Waals surface area (Å²) in [5, 5.41) is 0. The van der Waals surface area contributed by atoms with Gasteiger partial charge in [0.15, 0.2) is 0 Å². The zero-order valence-corrected chi connectivity index (χ0v) is 19.3. The minimum atomic E-state index is -3.96. The van der Waals surface area contributed by atoms with Gasteiger partial charge in [-0.3, -0.25) is 4.90 Å². The minimum absolute atomic E-state index is 0.111. The van der Waals surface area contributed by atoms with Crippen LogP contribution < -0.4 is 14.4 Å². The third-order valence-electron chi connectivity index (χ3n) is 5.65. The standard InChI is InChI=1S/C22H31FN4O3S/c1-25(2)19-8-5-17(6-9-19)20(27-13-11-26(3)12-14-27)16-24-31(28,29)22-15-18(23)7-10-21(22)30-4/h5-10,15,20,24H,11-14,16H2,1-4H3/t20-/m1/s1. The Balaban J connectivity index is 1.85. The Morgan fingerprint density at radius 3 is 2.32 bits per heavy atom. The second kappa shape index (κ2) is 9.95. The van der Waals surface area contributed by atoms with E-state index in [-0.39, 0.29) is 23.2 Å². The molecule has 1 N–H and O–H groups in total. The Morgan fingerprint density at radius 2 is 1.74 bits per heavy atom. The molecule has 1 atom stereocenters. The number of rotatable bonds is 8. The van der Waals surface area contributed by atoms with Crippen molar-refractivity contribution in [3.63, 3.8) is 0 Å². The monoisotopic (exact) mass is 450 g/mol. The fraction of sp³-hybridized carbons (Fsp3) is 0.455. The van der Waals surface area contributed by atoms with Crippen LogP contribution in [0.1, 0.15) is 11.6 Å². The number of benzene rings is 2. The normalized spacial score (nSPS) is 16.8. The van der Waals surface area contributed by atoms with Crippen molar-refractivity contribution < 1.29 is 17.5 Å². The van der Waals surface area contributed by atoms with Crippen LogP contribution in [0, 0.1) is 5.82 Å². The maximum absolute atomic E-state index is 13.7. The highest BCUT2D eigenvalue weighted by atomic mass is 32.2. The molecule has 7 nitrogen and oxygen atoms in total. The predicted octanol–water partition coefficient (Wildman–Crippen LogP) is 2.17. The number of halogens is 1. The summed E-state index contributed by atoms with van der Waals surface area (Å²) in [6, 6.07) is 11.5. The molecule has 0 spiro atoms. The molecule has 0 radical (unpaired) electrons. The van der Waals surface area contributed by atoms with Crippen molar-refractivity contribution in [2.45, 2.75) is 10.9 Å². The van der Waals surface area contributed by atoms with Gasteiger partial charge in [0.05, 0.1) is 7.11 Å². The largest absolute Gasteiger partial charge is 0.495 e. The van der Waals surface area contributed by atoms with Gasteiger partial charge in [-0.15, -0.1) is 0 Å². The summed E-state index contributed by atoms with van der Waals surface area (Å²) in [5.41, 5.74) is 2.11. The van der Waals surface area contributed by atoms with Gasteiger partial charge in [-0.05, 0) is 42.9 Å². The zero-order chi connectivity index (χ0) is 22.6. The van der Waals surface area contributed by atoms with Crippen LogP contribution in [0.25, 0.3) is 0 Å². The summed E-state index contributed by atoms with van der Waals surface area (Å²) in [4.78, 5) is 6.36. The fourth-order valence-corrected chi connectivity index (χ4v) is 4.93. The van der Waals surface area contributed by atoms with E-state index >= 15 is 0 Å². The van der Waals surface area contributed by atoms with Crippen LogP contribution in [-0.4, -0.2) is 79.2 Å². The van der Waals surface area contributed by atoms with Crippen molar-refractivity contribution in [1.82, 2.24) is 14.5 Å². The highest BCUT2D eigenvalue weighted by Gasteiger charge is 2.27. The second-order valence-corrected chi connectivity index (χ2v) is 9.72. The van der Waals surface area contributed by atoms with E-state index in [1.54, 1.807) is 0 Å². The van der Waals surface area contributed by atoms with E-state index in [2.05, 4.69) is 21.6 Å². The molecule has 1 aliphatic rings. The Kier molecular flexibility index (Phi) is 7.53. The van der Waals surface area contributed by atoms with Gasteiger partial charge < -0.3 is 14.5 Å². The number of sulfonamides is 1. The number of likely N-dealkylation sites (N-methyl/N-ethyl adjacent to an activating group) is 1. The summed E-state index contributed by atoms with van der Waals surface area (Å²) in [6.45, 7) is 3.67. The average Bonchev–Trinajstić information content (AvgIpc) is 2.75. The number of nitrogens with zero attached hydrogens (tertiary/aromatic N) is 3. The van der Waals surface area contributed by atoms with Crippen molar-refractivity contribution in [1.29, 1.82) is 0 Å². The molecule has 1 aliphatic heterocycles. The van der Waals surface area contributed by atoms with E-state index in [0.29, 0.717) is 0 Å². The minimum Gasteiger partial charge on any atom is -0.495 e. The van der Waals surface area contributed by atoms with Gasteiger partial charge >= 0.3 is 0 Å². The molecule has 0 bridgehead atoms. The molecular formula is C22H31FN4O3S. The molecule has 2 aromatic carbocycles. The van der Waals surface area contributed by atoms with E-state index in [0.717, 1.165) is 43.5 Å². The van der Waals surface area contributed by atoms with Crippen molar-refractivity contribution in [3.8, 4) is 5.75 Å². The molecule has 170 valence electrons. The quantitative estimate of drug-likeness (QED) is 0.665. The Labute approximate surface area is 184 Å². The van der Waals surface area contributed by atoms with Crippen LogP contribution in [-0.2, 0) is 10.0 Å². The van der Waals surface area contributed by atoms with E-state index in [1.165, 1.54) is 19.2 Å². The summed E-state index contributed by atoms with van der Waals surface area (Å²) < 4.78 is 47.5. The maximum Gasteiger partial charge on any atom is 0.244 e. The Bertz CT molecular complexity index is 975. The Morgan fingerprint density at radius 1 is 1.10 bits per heavy atom. The molecule has 3 rings (SSSR count). The SMILES string of the molecule is COc1ccc(F)cc1S(=O)(=O)NC[C@H](c1ccc(N(C)C)cc1)N1CCN(C)CC1. The first-order valence-corrected chi connectivity index (χ1v) is 11.7. The predicted molar refractivity (Wildman–Crippen MR) is 121 cm³/mol. The number of hydrogen-bond acceptors (Lipinski definition) is 6. The van der Waals surface area contributed by atoms with Crippen molar-refractivity contribution in [3.05, 3.63) is 53.8 Å². The smallest absolute Gasteiger partial charge is 0.244 e. The zero-order valence-electron chi connectivity index (χ0n) is 18.5. The van der Waals surface area contributed by atoms with Gasteiger partial charge in [-0.25, -0.2) is 17.5 Å². The number of piperazine rings is 1. The lowest BCUT2D eigenvalue weighted by atomic mass is 10.0. The third-order valence-corrected chi connectivity index (χ3v) is 7.10. The molecule has 0 saturated carbocycles. The van der Waals surface area contributed by atoms with Crippen LogP contribution in [0.3, 0.4) is 0 Å². The van der Waals surface area contributed by atoms with Crippen LogP contribution in [0.2, 0.25) is 0 Å². The molecule has 0 unspecified atom stereocenters. The molecule has 1 saturated heterocycles. The van der Waals surface area contributed by atoms with Crippen LogP contribution in [0.5, 0.6) is 5.75 Å². The number of anilines is 1. The molecule has 1 heterocycles. The molecule has 31 heavy (non-hydrogen) atoms.